The van der Waals surface area contributed by atoms with Gasteiger partial charge in [0.25, 0.3) is 0 Å². The fraction of sp³-hybridized carbons (Fsp3) is 0.0213. The number of para-hydroxylation sites is 2. The van der Waals surface area contributed by atoms with Gasteiger partial charge in [0.05, 0.1) is 5.69 Å². The van der Waals surface area contributed by atoms with Crippen molar-refractivity contribution in [2.75, 3.05) is 9.80 Å². The number of anilines is 6. The molecule has 49 heavy (non-hydrogen) atoms. The van der Waals surface area contributed by atoms with Crippen LogP contribution in [0.4, 0.5) is 34.1 Å². The second-order valence-electron chi connectivity index (χ2n) is 12.3. The number of fused-ring (bicyclic) bond motifs is 2. The maximum Gasteiger partial charge on any atom is 0.0540 e. The van der Waals surface area contributed by atoms with Crippen LogP contribution in [0.1, 0.15) is 16.7 Å². The average molecular weight is 629 g/mol. The molecule has 0 aliphatic heterocycles. The Morgan fingerprint density at radius 1 is 0.347 bits per heavy atom. The van der Waals surface area contributed by atoms with Crippen molar-refractivity contribution in [1.82, 2.24) is 0 Å². The summed E-state index contributed by atoms with van der Waals surface area (Å²) < 4.78 is 0. The van der Waals surface area contributed by atoms with Gasteiger partial charge in [-0.1, -0.05) is 140 Å². The molecule has 8 rings (SSSR count). The van der Waals surface area contributed by atoms with E-state index in [1.165, 1.54) is 38.5 Å². The van der Waals surface area contributed by atoms with Gasteiger partial charge in [0.2, 0.25) is 0 Å². The third-order valence-corrected chi connectivity index (χ3v) is 9.14. The summed E-state index contributed by atoms with van der Waals surface area (Å²) in [5.41, 5.74) is 10.4. The highest BCUT2D eigenvalue weighted by molar-refractivity contribution is 5.99. The van der Waals surface area contributed by atoms with E-state index in [0.29, 0.717) is 0 Å². The molecular formula is C47H36N2. The fourth-order valence-corrected chi connectivity index (χ4v) is 6.63. The van der Waals surface area contributed by atoms with Crippen LogP contribution in [-0.4, -0.2) is 0 Å². The average Bonchev–Trinajstić information content (AvgIpc) is 3.16. The lowest BCUT2D eigenvalue weighted by Crippen LogP contribution is -2.11. The molecule has 0 amide bonds. The molecule has 0 spiro atoms. The molecule has 8 aromatic carbocycles. The summed E-state index contributed by atoms with van der Waals surface area (Å²) in [5.74, 6) is 0. The zero-order valence-corrected chi connectivity index (χ0v) is 27.4. The van der Waals surface area contributed by atoms with Crippen molar-refractivity contribution in [2.24, 2.45) is 0 Å². The van der Waals surface area contributed by atoms with Crippen molar-refractivity contribution >= 4 is 67.8 Å². The van der Waals surface area contributed by atoms with Crippen LogP contribution in [0.2, 0.25) is 0 Å². The third-order valence-electron chi connectivity index (χ3n) is 9.14. The van der Waals surface area contributed by atoms with Crippen molar-refractivity contribution in [3.05, 3.63) is 205 Å². The Balaban J connectivity index is 1.08. The van der Waals surface area contributed by atoms with E-state index in [1.807, 2.05) is 0 Å². The number of hydrogen-bond acceptors (Lipinski definition) is 2. The van der Waals surface area contributed by atoms with Crippen LogP contribution in [-0.2, 0) is 0 Å². The topological polar surface area (TPSA) is 6.48 Å². The number of benzene rings is 8. The Hall–Kier alpha value is -6.38. The van der Waals surface area contributed by atoms with Crippen molar-refractivity contribution < 1.29 is 0 Å². The molecule has 0 saturated heterocycles. The normalized spacial score (nSPS) is 11.3. The molecule has 0 aliphatic rings. The maximum atomic E-state index is 2.37. The van der Waals surface area contributed by atoms with Gasteiger partial charge in [0.15, 0.2) is 0 Å². The predicted octanol–water partition coefficient (Wildman–Crippen LogP) is 13.4. The van der Waals surface area contributed by atoms with E-state index in [2.05, 4.69) is 217 Å². The number of nitrogens with zero attached hydrogens (tertiary/aromatic N) is 2. The van der Waals surface area contributed by atoms with E-state index >= 15 is 0 Å². The van der Waals surface area contributed by atoms with Crippen LogP contribution >= 0.6 is 0 Å². The molecule has 0 atom stereocenters. The lowest BCUT2D eigenvalue weighted by Gasteiger charge is -2.28. The lowest BCUT2D eigenvalue weighted by atomic mass is 10.0. The Kier molecular flexibility index (Phi) is 8.19. The van der Waals surface area contributed by atoms with Gasteiger partial charge in [-0.2, -0.15) is 0 Å². The molecule has 0 aromatic heterocycles. The first-order valence-electron chi connectivity index (χ1n) is 16.8. The molecule has 0 heterocycles. The Morgan fingerprint density at radius 3 is 1.57 bits per heavy atom. The summed E-state index contributed by atoms with van der Waals surface area (Å²) in [7, 11) is 0. The molecular weight excluding hydrogens is 593 g/mol. The summed E-state index contributed by atoms with van der Waals surface area (Å²) in [6.45, 7) is 2.18. The van der Waals surface area contributed by atoms with Crippen LogP contribution < -0.4 is 9.80 Å². The molecule has 2 heteroatoms. The second kappa shape index (κ2) is 13.4. The van der Waals surface area contributed by atoms with Gasteiger partial charge in [-0.15, -0.1) is 0 Å². The molecule has 2 nitrogen and oxygen atoms in total. The first-order chi connectivity index (χ1) is 24.2. The Morgan fingerprint density at radius 2 is 0.857 bits per heavy atom. The number of hydrogen-bond donors (Lipinski definition) is 0. The van der Waals surface area contributed by atoms with E-state index in [-0.39, 0.29) is 0 Å². The van der Waals surface area contributed by atoms with Crippen molar-refractivity contribution in [3.8, 4) is 0 Å². The van der Waals surface area contributed by atoms with Crippen LogP contribution in [0.5, 0.6) is 0 Å². The minimum atomic E-state index is 1.12. The molecule has 0 unspecified atom stereocenters. The monoisotopic (exact) mass is 628 g/mol. The SMILES string of the molecule is Cc1ccccc1N(c1ccc(/C=C/c2ccc(N(c3ccccc3)c3ccc4ccccc4c3)cc2)cc1)c1cccc2ccccc12. The largest absolute Gasteiger partial charge is 0.310 e. The van der Waals surface area contributed by atoms with E-state index in [1.54, 1.807) is 0 Å². The van der Waals surface area contributed by atoms with Gasteiger partial charge in [-0.25, -0.2) is 0 Å². The van der Waals surface area contributed by atoms with Crippen LogP contribution in [0.3, 0.4) is 0 Å². The molecule has 0 aliphatic carbocycles. The van der Waals surface area contributed by atoms with Gasteiger partial charge in [-0.3, -0.25) is 0 Å². The highest BCUT2D eigenvalue weighted by atomic mass is 15.1. The lowest BCUT2D eigenvalue weighted by molar-refractivity contribution is 1.26. The zero-order chi connectivity index (χ0) is 33.0. The fourth-order valence-electron chi connectivity index (χ4n) is 6.63. The summed E-state index contributed by atoms with van der Waals surface area (Å²) >= 11 is 0. The van der Waals surface area contributed by atoms with Crippen LogP contribution in [0, 0.1) is 6.92 Å². The van der Waals surface area contributed by atoms with Gasteiger partial charge in [-0.05, 0) is 100 Å². The molecule has 0 bridgehead atoms. The van der Waals surface area contributed by atoms with E-state index in [0.717, 1.165) is 33.9 Å². The second-order valence-corrected chi connectivity index (χ2v) is 12.3. The van der Waals surface area contributed by atoms with E-state index in [4.69, 9.17) is 0 Å². The Labute approximate surface area is 288 Å². The van der Waals surface area contributed by atoms with Crippen molar-refractivity contribution in [3.63, 3.8) is 0 Å². The smallest absolute Gasteiger partial charge is 0.0540 e. The highest BCUT2D eigenvalue weighted by Crippen LogP contribution is 2.40. The third kappa shape index (κ3) is 6.20. The zero-order valence-electron chi connectivity index (χ0n) is 27.4. The highest BCUT2D eigenvalue weighted by Gasteiger charge is 2.17. The van der Waals surface area contributed by atoms with Crippen molar-refractivity contribution in [1.29, 1.82) is 0 Å². The van der Waals surface area contributed by atoms with Crippen molar-refractivity contribution in [2.45, 2.75) is 6.92 Å². The van der Waals surface area contributed by atoms with E-state index < -0.39 is 0 Å². The van der Waals surface area contributed by atoms with E-state index in [9.17, 15) is 0 Å². The summed E-state index contributed by atoms with van der Waals surface area (Å²) in [6.07, 6.45) is 4.37. The minimum Gasteiger partial charge on any atom is -0.310 e. The molecule has 0 saturated carbocycles. The van der Waals surface area contributed by atoms with Gasteiger partial charge < -0.3 is 9.80 Å². The van der Waals surface area contributed by atoms with Gasteiger partial charge in [0.1, 0.15) is 0 Å². The van der Waals surface area contributed by atoms with Gasteiger partial charge >= 0.3 is 0 Å². The van der Waals surface area contributed by atoms with Crippen LogP contribution in [0.15, 0.2) is 188 Å². The number of aryl methyl sites for hydroxylation is 1. The van der Waals surface area contributed by atoms with Gasteiger partial charge in [0, 0.05) is 33.8 Å². The summed E-state index contributed by atoms with van der Waals surface area (Å²) in [6, 6.07) is 67.1. The van der Waals surface area contributed by atoms with Crippen LogP contribution in [0.25, 0.3) is 33.7 Å². The predicted molar refractivity (Wildman–Crippen MR) is 211 cm³/mol. The first kappa shape index (κ1) is 30.0. The quantitative estimate of drug-likeness (QED) is 0.155. The molecule has 0 fully saturated rings. The number of rotatable bonds is 8. The maximum absolute atomic E-state index is 2.37. The summed E-state index contributed by atoms with van der Waals surface area (Å²) in [4.78, 5) is 4.69. The molecule has 0 radical (unpaired) electrons. The molecule has 0 N–H and O–H groups in total. The first-order valence-corrected chi connectivity index (χ1v) is 16.8. The standard InChI is InChI=1S/C47H36N2/c1-35-12-5-10-20-46(35)49(47-21-11-16-39-14-8-9-19-45(39)47)43-31-26-37(27-32-43)23-22-36-24-29-42(30-25-36)48(41-17-3-2-4-18-41)44-33-28-38-13-6-7-15-40(38)34-44/h2-34H,1H3/b23-22+. The Bertz CT molecular complexity index is 2380. The minimum absolute atomic E-state index is 1.12. The molecule has 234 valence electrons. The molecule has 8 aromatic rings. The summed E-state index contributed by atoms with van der Waals surface area (Å²) in [5, 5.41) is 4.93.